The van der Waals surface area contributed by atoms with E-state index in [9.17, 15) is 14.9 Å². The summed E-state index contributed by atoms with van der Waals surface area (Å²) in [5.74, 6) is 0.367. The Morgan fingerprint density at radius 3 is 2.56 bits per heavy atom. The molecule has 1 heterocycles. The number of non-ortho nitro benzene ring substituents is 1. The lowest BCUT2D eigenvalue weighted by Crippen LogP contribution is -2.37. The molecule has 0 aliphatic heterocycles. The van der Waals surface area contributed by atoms with Gasteiger partial charge in [0.15, 0.2) is 0 Å². The number of fused-ring (bicyclic) bond motifs is 1. The first-order valence-electron chi connectivity index (χ1n) is 10.6. The average Bonchev–Trinajstić information content (AvgIpc) is 2.76. The van der Waals surface area contributed by atoms with Crippen molar-refractivity contribution in [2.75, 3.05) is 25.0 Å². The molecule has 9 heteroatoms. The second-order valence-electron chi connectivity index (χ2n) is 7.31. The van der Waals surface area contributed by atoms with Crippen LogP contribution in [0.1, 0.15) is 33.6 Å². The van der Waals surface area contributed by atoms with E-state index in [0.29, 0.717) is 34.7 Å². The van der Waals surface area contributed by atoms with Crippen molar-refractivity contribution >= 4 is 28.3 Å². The Balaban J connectivity index is 2.13. The zero-order valence-electron chi connectivity index (χ0n) is 18.8. The van der Waals surface area contributed by atoms with E-state index in [1.54, 1.807) is 24.3 Å². The summed E-state index contributed by atoms with van der Waals surface area (Å²) in [5.41, 5.74) is 1.84. The quantitative estimate of drug-likeness (QED) is 0.290. The van der Waals surface area contributed by atoms with Gasteiger partial charge in [0.05, 0.1) is 17.0 Å². The Kier molecular flexibility index (Phi) is 9.49. The molecular formula is C23H30N6O3. The van der Waals surface area contributed by atoms with Crippen LogP contribution in [0, 0.1) is 10.1 Å². The van der Waals surface area contributed by atoms with Crippen molar-refractivity contribution in [3.8, 4) is 0 Å². The number of carbonyl (C=O) groups is 1. The zero-order valence-corrected chi connectivity index (χ0v) is 18.8. The predicted molar refractivity (Wildman–Crippen MR) is 127 cm³/mol. The summed E-state index contributed by atoms with van der Waals surface area (Å²) in [6.45, 7) is 11.9. The molecule has 0 unspecified atom stereocenters. The highest BCUT2D eigenvalue weighted by molar-refractivity contribution is 5.91. The number of nitro benzene ring substituents is 1. The lowest BCUT2D eigenvalue weighted by atomic mass is 10.2. The van der Waals surface area contributed by atoms with Gasteiger partial charge in [-0.1, -0.05) is 20.4 Å². The first-order valence-corrected chi connectivity index (χ1v) is 10.6. The van der Waals surface area contributed by atoms with E-state index in [0.717, 1.165) is 25.9 Å². The number of hydrogen-bond acceptors (Lipinski definition) is 7. The number of rotatable bonds is 12. The van der Waals surface area contributed by atoms with Gasteiger partial charge in [-0.2, -0.15) is 0 Å². The van der Waals surface area contributed by atoms with Crippen LogP contribution in [-0.4, -0.2) is 45.3 Å². The van der Waals surface area contributed by atoms with Crippen LogP contribution in [-0.2, 0) is 4.79 Å². The molecule has 0 atom stereocenters. The number of carbonyl (C=O) groups excluding carboxylic acids is 1. The molecule has 0 bridgehead atoms. The van der Waals surface area contributed by atoms with Crippen LogP contribution in [0.4, 0.5) is 11.5 Å². The maximum atomic E-state index is 12.3. The normalized spacial score (nSPS) is 12.1. The highest BCUT2D eigenvalue weighted by atomic mass is 16.6. The molecule has 2 aromatic rings. The molecule has 0 radical (unpaired) electrons. The fraction of sp³-hybridized carbons (Fsp3) is 0.348. The van der Waals surface area contributed by atoms with Gasteiger partial charge in [-0.15, -0.1) is 0 Å². The molecule has 0 saturated carbocycles. The highest BCUT2D eigenvalue weighted by Gasteiger charge is 2.11. The molecule has 2 rings (SSSR count). The van der Waals surface area contributed by atoms with Crippen molar-refractivity contribution in [2.24, 2.45) is 0 Å². The average molecular weight is 439 g/mol. The van der Waals surface area contributed by atoms with E-state index in [1.807, 2.05) is 6.92 Å². The first kappa shape index (κ1) is 24.7. The second kappa shape index (κ2) is 12.3. The molecule has 170 valence electrons. The van der Waals surface area contributed by atoms with Gasteiger partial charge in [-0.25, -0.2) is 9.97 Å². The summed E-state index contributed by atoms with van der Waals surface area (Å²) in [6, 6.07) is 4.41. The molecule has 0 aliphatic carbocycles. The number of nitrogens with zero attached hydrogens (tertiary/aromatic N) is 4. The van der Waals surface area contributed by atoms with Gasteiger partial charge in [0.2, 0.25) is 5.91 Å². The number of amides is 1. The lowest BCUT2D eigenvalue weighted by molar-refractivity contribution is -0.384. The second-order valence-corrected chi connectivity index (χ2v) is 7.31. The van der Waals surface area contributed by atoms with Gasteiger partial charge in [0, 0.05) is 28.9 Å². The summed E-state index contributed by atoms with van der Waals surface area (Å²) in [4.78, 5) is 33.5. The number of aromatic nitrogens is 2. The molecule has 0 fully saturated rings. The predicted octanol–water partition coefficient (Wildman–Crippen LogP) is 4.16. The van der Waals surface area contributed by atoms with E-state index in [-0.39, 0.29) is 11.6 Å². The van der Waals surface area contributed by atoms with Gasteiger partial charge in [-0.05, 0) is 57.1 Å². The minimum atomic E-state index is -0.461. The van der Waals surface area contributed by atoms with Crippen LogP contribution in [0.15, 0.2) is 60.7 Å². The van der Waals surface area contributed by atoms with Crippen LogP contribution in [0.3, 0.4) is 0 Å². The van der Waals surface area contributed by atoms with Crippen molar-refractivity contribution < 1.29 is 9.72 Å². The number of nitrogens with one attached hydrogen (secondary N) is 2. The minimum absolute atomic E-state index is 0.0434. The maximum absolute atomic E-state index is 12.3. The van der Waals surface area contributed by atoms with Crippen LogP contribution < -0.4 is 10.6 Å². The van der Waals surface area contributed by atoms with Gasteiger partial charge >= 0.3 is 0 Å². The van der Waals surface area contributed by atoms with Crippen LogP contribution >= 0.6 is 0 Å². The molecule has 0 saturated heterocycles. The molecule has 9 nitrogen and oxygen atoms in total. The highest BCUT2D eigenvalue weighted by Crippen LogP contribution is 2.25. The van der Waals surface area contributed by atoms with E-state index in [1.165, 1.54) is 18.5 Å². The van der Waals surface area contributed by atoms with E-state index in [2.05, 4.69) is 45.9 Å². The third kappa shape index (κ3) is 7.28. The summed E-state index contributed by atoms with van der Waals surface area (Å²) >= 11 is 0. The molecular weight excluding hydrogens is 408 g/mol. The molecule has 1 aromatic carbocycles. The van der Waals surface area contributed by atoms with E-state index < -0.39 is 4.92 Å². The van der Waals surface area contributed by atoms with Gasteiger partial charge in [0.1, 0.15) is 12.1 Å². The van der Waals surface area contributed by atoms with E-state index in [4.69, 9.17) is 0 Å². The van der Waals surface area contributed by atoms with Crippen LogP contribution in [0.25, 0.3) is 10.9 Å². The summed E-state index contributed by atoms with van der Waals surface area (Å²) in [5, 5.41) is 17.6. The van der Waals surface area contributed by atoms with Crippen molar-refractivity contribution in [2.45, 2.75) is 33.6 Å². The number of hydrogen-bond donors (Lipinski definition) is 2. The number of allylic oxidation sites excluding steroid dienone is 4. The third-order valence-corrected chi connectivity index (χ3v) is 4.61. The number of anilines is 1. The third-order valence-electron chi connectivity index (χ3n) is 4.61. The fourth-order valence-electron chi connectivity index (χ4n) is 3.18. The van der Waals surface area contributed by atoms with Gasteiger partial charge in [-0.3, -0.25) is 19.8 Å². The maximum Gasteiger partial charge on any atom is 0.270 e. The summed E-state index contributed by atoms with van der Waals surface area (Å²) in [7, 11) is 0. The summed E-state index contributed by atoms with van der Waals surface area (Å²) < 4.78 is 0. The van der Waals surface area contributed by atoms with Crippen LogP contribution in [0.2, 0.25) is 0 Å². The van der Waals surface area contributed by atoms with E-state index >= 15 is 0 Å². The Morgan fingerprint density at radius 1 is 1.22 bits per heavy atom. The first-order chi connectivity index (χ1) is 15.4. The Hall–Kier alpha value is -3.59. The zero-order chi connectivity index (χ0) is 23.5. The Labute approximate surface area is 188 Å². The number of benzene rings is 1. The fourth-order valence-corrected chi connectivity index (χ4v) is 3.18. The smallest absolute Gasteiger partial charge is 0.270 e. The van der Waals surface area contributed by atoms with Crippen molar-refractivity contribution in [3.05, 3.63) is 70.8 Å². The topological polar surface area (TPSA) is 113 Å². The van der Waals surface area contributed by atoms with Crippen molar-refractivity contribution in [1.29, 1.82) is 0 Å². The summed E-state index contributed by atoms with van der Waals surface area (Å²) in [6.07, 6.45) is 8.50. The molecule has 0 aliphatic rings. The van der Waals surface area contributed by atoms with Crippen molar-refractivity contribution in [1.82, 2.24) is 20.2 Å². The molecule has 1 aromatic heterocycles. The largest absolute Gasteiger partial charge is 0.340 e. The Morgan fingerprint density at radius 2 is 1.94 bits per heavy atom. The lowest BCUT2D eigenvalue weighted by Gasteiger charge is -2.20. The van der Waals surface area contributed by atoms with Crippen molar-refractivity contribution in [3.63, 3.8) is 0 Å². The SMILES string of the molecule is C=C/C(=C\C=C(/C)NC(=O)CN(CCC)CCC)Nc1ncnc2ccc([N+](=O)[O-])cc12. The molecule has 2 N–H and O–H groups in total. The van der Waals surface area contributed by atoms with Crippen LogP contribution in [0.5, 0.6) is 0 Å². The Bertz CT molecular complexity index is 1030. The minimum Gasteiger partial charge on any atom is -0.340 e. The monoisotopic (exact) mass is 438 g/mol. The standard InChI is InChI=1S/C23H30N6O3/c1-5-12-28(13-6-2)15-22(30)26-17(4)8-9-18(7-3)27-23-20-14-19(29(31)32)10-11-21(20)24-16-25-23/h7-11,14,16H,3,5-6,12-13,15H2,1-2,4H3,(H,26,30)(H,24,25,27)/b17-8+,18-9+. The van der Waals surface area contributed by atoms with Gasteiger partial charge < -0.3 is 10.6 Å². The van der Waals surface area contributed by atoms with Gasteiger partial charge in [0.25, 0.3) is 5.69 Å². The molecule has 1 amide bonds. The molecule has 32 heavy (non-hydrogen) atoms. The number of nitro groups is 1. The molecule has 0 spiro atoms.